The SMILES string of the molecule is CCOC(=O)Cc1csc(NN=Cc2cccc(Cn3ccnc3)c2)n1. The number of hydrogen-bond donors (Lipinski definition) is 1. The van der Waals surface area contributed by atoms with Crippen molar-refractivity contribution in [2.45, 2.75) is 19.9 Å². The van der Waals surface area contributed by atoms with Crippen molar-refractivity contribution in [3.05, 3.63) is 65.2 Å². The molecule has 1 aromatic carbocycles. The lowest BCUT2D eigenvalue weighted by molar-refractivity contribution is -0.142. The fourth-order valence-electron chi connectivity index (χ4n) is 2.32. The fraction of sp³-hybridized carbons (Fsp3) is 0.222. The molecule has 0 spiro atoms. The van der Waals surface area contributed by atoms with Gasteiger partial charge in [0.15, 0.2) is 0 Å². The average Bonchev–Trinajstić information content (AvgIpc) is 3.28. The zero-order valence-corrected chi connectivity index (χ0v) is 15.1. The Labute approximate surface area is 155 Å². The molecule has 2 aromatic heterocycles. The third kappa shape index (κ3) is 5.25. The molecule has 26 heavy (non-hydrogen) atoms. The van der Waals surface area contributed by atoms with Gasteiger partial charge in [-0.2, -0.15) is 5.10 Å². The Morgan fingerprint density at radius 3 is 3.19 bits per heavy atom. The molecule has 0 saturated carbocycles. The highest BCUT2D eigenvalue weighted by Gasteiger charge is 2.07. The third-order valence-corrected chi connectivity index (χ3v) is 4.23. The highest BCUT2D eigenvalue weighted by atomic mass is 32.1. The zero-order valence-electron chi connectivity index (χ0n) is 14.3. The molecule has 0 radical (unpaired) electrons. The van der Waals surface area contributed by atoms with Crippen molar-refractivity contribution in [2.24, 2.45) is 5.10 Å². The second-order valence-electron chi connectivity index (χ2n) is 5.48. The van der Waals surface area contributed by atoms with E-state index in [4.69, 9.17) is 4.74 Å². The molecule has 7 nitrogen and oxygen atoms in total. The van der Waals surface area contributed by atoms with Crippen LogP contribution in [0.2, 0.25) is 0 Å². The molecule has 0 saturated heterocycles. The fourth-order valence-corrected chi connectivity index (χ4v) is 2.98. The van der Waals surface area contributed by atoms with Crippen molar-refractivity contribution in [1.29, 1.82) is 0 Å². The Kier molecular flexibility index (Phi) is 6.10. The lowest BCUT2D eigenvalue weighted by Gasteiger charge is -2.03. The molecular formula is C18H19N5O2S. The van der Waals surface area contributed by atoms with Gasteiger partial charge in [0.05, 0.1) is 31.3 Å². The third-order valence-electron chi connectivity index (χ3n) is 3.43. The largest absolute Gasteiger partial charge is 0.466 e. The number of aromatic nitrogens is 3. The van der Waals surface area contributed by atoms with Gasteiger partial charge >= 0.3 is 5.97 Å². The summed E-state index contributed by atoms with van der Waals surface area (Å²) in [5, 5.41) is 6.67. The van der Waals surface area contributed by atoms with Gasteiger partial charge in [-0.3, -0.25) is 10.2 Å². The van der Waals surface area contributed by atoms with Crippen LogP contribution in [0.5, 0.6) is 0 Å². The minimum atomic E-state index is -0.275. The number of hydrogen-bond acceptors (Lipinski definition) is 7. The molecule has 3 aromatic rings. The summed E-state index contributed by atoms with van der Waals surface area (Å²) in [6.45, 7) is 2.92. The Morgan fingerprint density at radius 1 is 1.46 bits per heavy atom. The number of imidazole rings is 1. The van der Waals surface area contributed by atoms with Crippen LogP contribution in [0.15, 0.2) is 53.5 Å². The van der Waals surface area contributed by atoms with Crippen LogP contribution >= 0.6 is 11.3 Å². The van der Waals surface area contributed by atoms with Crippen LogP contribution in [0.3, 0.4) is 0 Å². The van der Waals surface area contributed by atoms with Crippen LogP contribution in [-0.2, 0) is 22.5 Å². The predicted molar refractivity (Wildman–Crippen MR) is 101 cm³/mol. The predicted octanol–water partition coefficient (Wildman–Crippen LogP) is 2.94. The number of nitrogens with zero attached hydrogens (tertiary/aromatic N) is 4. The van der Waals surface area contributed by atoms with E-state index in [1.54, 1.807) is 25.7 Å². The summed E-state index contributed by atoms with van der Waals surface area (Å²) < 4.78 is 6.92. The number of benzene rings is 1. The molecule has 0 atom stereocenters. The number of carbonyl (C=O) groups excluding carboxylic acids is 1. The number of carbonyl (C=O) groups is 1. The van der Waals surface area contributed by atoms with Crippen molar-refractivity contribution in [2.75, 3.05) is 12.0 Å². The van der Waals surface area contributed by atoms with Crippen molar-refractivity contribution >= 4 is 28.7 Å². The van der Waals surface area contributed by atoms with Crippen molar-refractivity contribution < 1.29 is 9.53 Å². The van der Waals surface area contributed by atoms with Gasteiger partial charge in [0.2, 0.25) is 5.13 Å². The number of hydrazone groups is 1. The van der Waals surface area contributed by atoms with E-state index in [9.17, 15) is 4.79 Å². The maximum Gasteiger partial charge on any atom is 0.311 e. The van der Waals surface area contributed by atoms with Crippen LogP contribution in [0.1, 0.15) is 23.7 Å². The van der Waals surface area contributed by atoms with E-state index in [0.717, 1.165) is 17.7 Å². The molecule has 0 amide bonds. The molecule has 134 valence electrons. The smallest absolute Gasteiger partial charge is 0.311 e. The van der Waals surface area contributed by atoms with E-state index in [-0.39, 0.29) is 12.4 Å². The maximum absolute atomic E-state index is 11.5. The summed E-state index contributed by atoms with van der Waals surface area (Å²) in [6.07, 6.45) is 7.40. The Morgan fingerprint density at radius 2 is 2.38 bits per heavy atom. The van der Waals surface area contributed by atoms with Crippen LogP contribution in [0, 0.1) is 0 Å². The molecule has 0 aliphatic rings. The molecule has 1 N–H and O–H groups in total. The van der Waals surface area contributed by atoms with E-state index < -0.39 is 0 Å². The molecule has 0 fully saturated rings. The average molecular weight is 369 g/mol. The normalized spacial score (nSPS) is 11.0. The minimum Gasteiger partial charge on any atom is -0.466 e. The van der Waals surface area contributed by atoms with Crippen molar-refractivity contribution in [3.63, 3.8) is 0 Å². The monoisotopic (exact) mass is 369 g/mol. The second kappa shape index (κ2) is 8.91. The van der Waals surface area contributed by atoms with Crippen LogP contribution in [-0.4, -0.2) is 33.3 Å². The minimum absolute atomic E-state index is 0.173. The summed E-state index contributed by atoms with van der Waals surface area (Å²) >= 11 is 1.40. The van der Waals surface area contributed by atoms with E-state index >= 15 is 0 Å². The number of esters is 1. The molecule has 3 rings (SSSR count). The first-order valence-electron chi connectivity index (χ1n) is 8.16. The molecular weight excluding hydrogens is 350 g/mol. The zero-order chi connectivity index (χ0) is 18.2. The molecule has 0 bridgehead atoms. The number of ether oxygens (including phenoxy) is 1. The number of rotatable bonds is 8. The topological polar surface area (TPSA) is 81.4 Å². The molecule has 0 unspecified atom stereocenters. The highest BCUT2D eigenvalue weighted by Crippen LogP contribution is 2.16. The Bertz CT molecular complexity index is 873. The van der Waals surface area contributed by atoms with Gasteiger partial charge in [-0.05, 0) is 24.1 Å². The van der Waals surface area contributed by atoms with Crippen LogP contribution in [0.4, 0.5) is 5.13 Å². The summed E-state index contributed by atoms with van der Waals surface area (Å²) in [5.74, 6) is -0.275. The summed E-state index contributed by atoms with van der Waals surface area (Å²) in [7, 11) is 0. The Hall–Kier alpha value is -3.00. The van der Waals surface area contributed by atoms with Gasteiger partial charge in [-0.15, -0.1) is 11.3 Å². The van der Waals surface area contributed by atoms with E-state index in [2.05, 4.69) is 32.6 Å². The standard InChI is InChI=1S/C18H19N5O2S/c1-2-25-17(24)9-16-12-26-18(21-16)22-20-10-14-4-3-5-15(8-14)11-23-7-6-19-13-23/h3-8,10,12-13H,2,9,11H2,1H3,(H,21,22). The summed E-state index contributed by atoms with van der Waals surface area (Å²) in [4.78, 5) is 19.8. The quantitative estimate of drug-likeness (QED) is 0.375. The van der Waals surface area contributed by atoms with Crippen LogP contribution in [0.25, 0.3) is 0 Å². The highest BCUT2D eigenvalue weighted by molar-refractivity contribution is 7.13. The molecule has 0 aliphatic heterocycles. The maximum atomic E-state index is 11.5. The van der Waals surface area contributed by atoms with Gasteiger partial charge in [0, 0.05) is 24.3 Å². The van der Waals surface area contributed by atoms with Gasteiger partial charge in [-0.25, -0.2) is 9.97 Å². The van der Waals surface area contributed by atoms with Crippen LogP contribution < -0.4 is 5.43 Å². The van der Waals surface area contributed by atoms with Crippen molar-refractivity contribution in [1.82, 2.24) is 14.5 Å². The number of nitrogens with one attached hydrogen (secondary N) is 1. The molecule has 0 aliphatic carbocycles. The Balaban J connectivity index is 1.55. The molecule has 8 heteroatoms. The summed E-state index contributed by atoms with van der Waals surface area (Å²) in [5.41, 5.74) is 5.72. The molecule has 2 heterocycles. The van der Waals surface area contributed by atoms with Gasteiger partial charge in [0.1, 0.15) is 0 Å². The number of anilines is 1. The summed E-state index contributed by atoms with van der Waals surface area (Å²) in [6, 6.07) is 8.11. The van der Waals surface area contributed by atoms with E-state index in [0.29, 0.717) is 17.4 Å². The first-order valence-corrected chi connectivity index (χ1v) is 9.04. The lowest BCUT2D eigenvalue weighted by atomic mass is 10.1. The lowest BCUT2D eigenvalue weighted by Crippen LogP contribution is -2.07. The van der Waals surface area contributed by atoms with Gasteiger partial charge < -0.3 is 9.30 Å². The van der Waals surface area contributed by atoms with E-state index in [1.807, 2.05) is 28.3 Å². The first-order chi connectivity index (χ1) is 12.7. The van der Waals surface area contributed by atoms with Gasteiger partial charge in [-0.1, -0.05) is 18.2 Å². The van der Waals surface area contributed by atoms with Gasteiger partial charge in [0.25, 0.3) is 0 Å². The van der Waals surface area contributed by atoms with Crippen molar-refractivity contribution in [3.8, 4) is 0 Å². The van der Waals surface area contributed by atoms with E-state index in [1.165, 1.54) is 11.3 Å². The number of thiazole rings is 1. The second-order valence-corrected chi connectivity index (χ2v) is 6.33. The first kappa shape index (κ1) is 17.8.